The summed E-state index contributed by atoms with van der Waals surface area (Å²) in [4.78, 5) is 22.9. The van der Waals surface area contributed by atoms with Crippen molar-refractivity contribution in [2.24, 2.45) is 23.6 Å². The molecule has 72 valence electrons. The summed E-state index contributed by atoms with van der Waals surface area (Å²) in [6.07, 6.45) is 2.68. The Labute approximate surface area is 77.0 Å². The van der Waals surface area contributed by atoms with Gasteiger partial charge in [0.05, 0.1) is 11.8 Å². The van der Waals surface area contributed by atoms with Crippen molar-refractivity contribution in [1.29, 1.82) is 0 Å². The quantitative estimate of drug-likeness (QED) is 0.332. The molecule has 2 amide bonds. The molecule has 1 saturated carbocycles. The van der Waals surface area contributed by atoms with Crippen molar-refractivity contribution in [3.63, 3.8) is 0 Å². The highest BCUT2D eigenvalue weighted by atomic mass is 16.2. The van der Waals surface area contributed by atoms with Crippen molar-refractivity contribution < 1.29 is 9.59 Å². The maximum absolute atomic E-state index is 11.5. The smallest absolute Gasteiger partial charge is 0.247 e. The van der Waals surface area contributed by atoms with Crippen LogP contribution in [0.4, 0.5) is 0 Å². The van der Waals surface area contributed by atoms with E-state index < -0.39 is 0 Å². The molecule has 3 atom stereocenters. The maximum atomic E-state index is 11.5. The summed E-state index contributed by atoms with van der Waals surface area (Å²) in [5.41, 5.74) is 0. The summed E-state index contributed by atoms with van der Waals surface area (Å²) in [6, 6.07) is 0. The van der Waals surface area contributed by atoms with Gasteiger partial charge in [-0.3, -0.25) is 9.59 Å². The van der Waals surface area contributed by atoms with Gasteiger partial charge in [-0.25, -0.2) is 10.9 Å². The van der Waals surface area contributed by atoms with Crippen LogP contribution in [0.1, 0.15) is 26.2 Å². The minimum Gasteiger partial charge on any atom is -0.273 e. The van der Waals surface area contributed by atoms with Gasteiger partial charge in [0, 0.05) is 0 Å². The van der Waals surface area contributed by atoms with Crippen molar-refractivity contribution >= 4 is 11.8 Å². The summed E-state index contributed by atoms with van der Waals surface area (Å²) >= 11 is 0. The van der Waals surface area contributed by atoms with Crippen LogP contribution in [0.15, 0.2) is 0 Å². The van der Waals surface area contributed by atoms with Crippen LogP contribution in [0.25, 0.3) is 0 Å². The zero-order valence-electron chi connectivity index (χ0n) is 7.69. The first-order valence-electron chi connectivity index (χ1n) is 4.73. The van der Waals surface area contributed by atoms with Crippen LogP contribution in [0, 0.1) is 17.8 Å². The molecule has 0 spiro atoms. The largest absolute Gasteiger partial charge is 0.273 e. The molecule has 0 aromatic heterocycles. The maximum Gasteiger partial charge on any atom is 0.247 e. The monoisotopic (exact) mass is 182 g/mol. The summed E-state index contributed by atoms with van der Waals surface area (Å²) in [5, 5.41) is 0.813. The van der Waals surface area contributed by atoms with Crippen LogP contribution < -0.4 is 5.84 Å². The van der Waals surface area contributed by atoms with Crippen LogP contribution in [-0.2, 0) is 9.59 Å². The zero-order valence-corrected chi connectivity index (χ0v) is 7.69. The molecule has 1 saturated heterocycles. The van der Waals surface area contributed by atoms with E-state index in [1.807, 2.05) is 0 Å². The number of hydrogen-bond donors (Lipinski definition) is 1. The van der Waals surface area contributed by atoms with Crippen LogP contribution in [0.5, 0.6) is 0 Å². The van der Waals surface area contributed by atoms with E-state index in [1.54, 1.807) is 0 Å². The molecular formula is C9H14N2O2. The first kappa shape index (κ1) is 8.69. The Hall–Kier alpha value is -0.900. The third-order valence-corrected chi connectivity index (χ3v) is 3.22. The average molecular weight is 182 g/mol. The summed E-state index contributed by atoms with van der Waals surface area (Å²) in [7, 11) is 0. The molecule has 1 aliphatic carbocycles. The minimum absolute atomic E-state index is 0.117. The first-order valence-corrected chi connectivity index (χ1v) is 4.73. The highest BCUT2D eigenvalue weighted by Crippen LogP contribution is 2.39. The molecule has 2 fully saturated rings. The van der Waals surface area contributed by atoms with Gasteiger partial charge >= 0.3 is 0 Å². The van der Waals surface area contributed by atoms with Crippen molar-refractivity contribution in [3.8, 4) is 0 Å². The topological polar surface area (TPSA) is 63.4 Å². The third kappa shape index (κ3) is 1.16. The van der Waals surface area contributed by atoms with Gasteiger partial charge in [-0.1, -0.05) is 6.92 Å². The fourth-order valence-corrected chi connectivity index (χ4v) is 2.42. The molecule has 1 aliphatic heterocycles. The number of carbonyl (C=O) groups is 2. The Morgan fingerprint density at radius 1 is 1.23 bits per heavy atom. The van der Waals surface area contributed by atoms with Gasteiger partial charge in [0.15, 0.2) is 0 Å². The fourth-order valence-electron chi connectivity index (χ4n) is 2.42. The average Bonchev–Trinajstić information content (AvgIpc) is 2.32. The second-order valence-corrected chi connectivity index (χ2v) is 4.18. The molecule has 3 unspecified atom stereocenters. The number of fused-ring (bicyclic) bond motifs is 1. The molecule has 0 bridgehead atoms. The lowest BCUT2D eigenvalue weighted by atomic mass is 9.76. The van der Waals surface area contributed by atoms with Crippen molar-refractivity contribution in [3.05, 3.63) is 0 Å². The SMILES string of the molecule is CC1CCC2C(=O)N(N)C(=O)C2C1. The van der Waals surface area contributed by atoms with Gasteiger partial charge in [-0.2, -0.15) is 0 Å². The molecule has 0 aromatic rings. The van der Waals surface area contributed by atoms with Gasteiger partial charge < -0.3 is 0 Å². The predicted molar refractivity (Wildman–Crippen MR) is 46.0 cm³/mol. The lowest BCUT2D eigenvalue weighted by Crippen LogP contribution is -2.37. The molecular weight excluding hydrogens is 168 g/mol. The third-order valence-electron chi connectivity index (χ3n) is 3.22. The van der Waals surface area contributed by atoms with Gasteiger partial charge in [-0.05, 0) is 25.2 Å². The lowest BCUT2D eigenvalue weighted by molar-refractivity contribution is -0.140. The Bertz CT molecular complexity index is 264. The van der Waals surface area contributed by atoms with Gasteiger partial charge in [0.2, 0.25) is 11.8 Å². The molecule has 2 N–H and O–H groups in total. The van der Waals surface area contributed by atoms with E-state index in [2.05, 4.69) is 6.92 Å². The van der Waals surface area contributed by atoms with Crippen LogP contribution in [0.2, 0.25) is 0 Å². The highest BCUT2D eigenvalue weighted by Gasteiger charge is 2.48. The number of rotatable bonds is 0. The number of nitrogens with zero attached hydrogens (tertiary/aromatic N) is 1. The van der Waals surface area contributed by atoms with Crippen LogP contribution >= 0.6 is 0 Å². The molecule has 13 heavy (non-hydrogen) atoms. The fraction of sp³-hybridized carbons (Fsp3) is 0.778. The van der Waals surface area contributed by atoms with Gasteiger partial charge in [0.1, 0.15) is 0 Å². The van der Waals surface area contributed by atoms with E-state index in [-0.39, 0.29) is 23.7 Å². The zero-order chi connectivity index (χ0) is 9.59. The molecule has 4 heteroatoms. The Balaban J connectivity index is 2.22. The summed E-state index contributed by atoms with van der Waals surface area (Å²) in [5.74, 6) is 5.31. The van der Waals surface area contributed by atoms with Crippen LogP contribution in [-0.4, -0.2) is 16.8 Å². The van der Waals surface area contributed by atoms with Crippen molar-refractivity contribution in [1.82, 2.24) is 5.01 Å². The van der Waals surface area contributed by atoms with E-state index in [4.69, 9.17) is 5.84 Å². The predicted octanol–water partition coefficient (Wildman–Crippen LogP) is 0.281. The number of carbonyl (C=O) groups excluding carboxylic acids is 2. The minimum atomic E-state index is -0.179. The van der Waals surface area contributed by atoms with Crippen LogP contribution in [0.3, 0.4) is 0 Å². The Morgan fingerprint density at radius 3 is 2.54 bits per heavy atom. The number of hydrogen-bond acceptors (Lipinski definition) is 3. The van der Waals surface area contributed by atoms with E-state index >= 15 is 0 Å². The standard InChI is InChI=1S/C9H14N2O2/c1-5-2-3-6-7(4-5)9(13)11(10)8(6)12/h5-7H,2-4,10H2,1H3. The number of imide groups is 1. The van der Waals surface area contributed by atoms with E-state index in [1.165, 1.54) is 0 Å². The van der Waals surface area contributed by atoms with Crippen molar-refractivity contribution in [2.45, 2.75) is 26.2 Å². The van der Waals surface area contributed by atoms with Gasteiger partial charge in [0.25, 0.3) is 0 Å². The molecule has 2 rings (SSSR count). The molecule has 0 radical (unpaired) electrons. The Kier molecular flexibility index (Phi) is 1.87. The molecule has 4 nitrogen and oxygen atoms in total. The highest BCUT2D eigenvalue weighted by molar-refractivity contribution is 6.04. The first-order chi connectivity index (χ1) is 6.11. The summed E-state index contributed by atoms with van der Waals surface area (Å²) in [6.45, 7) is 2.12. The van der Waals surface area contributed by atoms with Gasteiger partial charge in [-0.15, -0.1) is 0 Å². The lowest BCUT2D eigenvalue weighted by Gasteiger charge is -2.25. The second-order valence-electron chi connectivity index (χ2n) is 4.18. The number of amides is 2. The summed E-state index contributed by atoms with van der Waals surface area (Å²) < 4.78 is 0. The molecule has 0 aromatic carbocycles. The Morgan fingerprint density at radius 2 is 1.85 bits per heavy atom. The number of hydrazine groups is 1. The van der Waals surface area contributed by atoms with Crippen molar-refractivity contribution in [2.75, 3.05) is 0 Å². The van der Waals surface area contributed by atoms with E-state index in [9.17, 15) is 9.59 Å². The van der Waals surface area contributed by atoms with E-state index in [0.29, 0.717) is 5.92 Å². The second kappa shape index (κ2) is 2.80. The molecule has 1 heterocycles. The number of nitrogens with two attached hydrogens (primary N) is 1. The van der Waals surface area contributed by atoms with E-state index in [0.717, 1.165) is 24.3 Å². The normalized spacial score (nSPS) is 39.5. The molecule has 2 aliphatic rings.